The van der Waals surface area contributed by atoms with E-state index in [-0.39, 0.29) is 5.43 Å². The van der Waals surface area contributed by atoms with Gasteiger partial charge in [-0.1, -0.05) is 75.7 Å². The standard InChI is InChI=1S/C30H32N2O3/c1-4-7-16-27-31-25-17-20(5-2)29(33)21(6-3)18-26(25)32(27)19-23-14-11-15-24(28(23)30(34)35)22-12-9-8-10-13-22/h8-15,17-18H,4-7,16,19H2,1-3H3,(H,34,35). The molecule has 35 heavy (non-hydrogen) atoms. The van der Waals surface area contributed by atoms with Gasteiger partial charge >= 0.3 is 5.97 Å². The van der Waals surface area contributed by atoms with Crippen LogP contribution in [0.5, 0.6) is 0 Å². The van der Waals surface area contributed by atoms with Gasteiger partial charge in [0.2, 0.25) is 0 Å². The number of hydrogen-bond acceptors (Lipinski definition) is 3. The van der Waals surface area contributed by atoms with Crippen LogP contribution in [0.1, 0.15) is 66.5 Å². The molecule has 0 aliphatic carbocycles. The van der Waals surface area contributed by atoms with Gasteiger partial charge in [0, 0.05) is 17.5 Å². The molecule has 1 N–H and O–H groups in total. The topological polar surface area (TPSA) is 72.2 Å². The van der Waals surface area contributed by atoms with Crippen LogP contribution in [-0.2, 0) is 25.8 Å². The maximum Gasteiger partial charge on any atom is 0.336 e. The summed E-state index contributed by atoms with van der Waals surface area (Å²) >= 11 is 0. The van der Waals surface area contributed by atoms with Crippen LogP contribution in [-0.4, -0.2) is 20.6 Å². The fourth-order valence-corrected chi connectivity index (χ4v) is 4.70. The van der Waals surface area contributed by atoms with E-state index in [2.05, 4.69) is 11.5 Å². The zero-order valence-electron chi connectivity index (χ0n) is 20.7. The van der Waals surface area contributed by atoms with Crippen molar-refractivity contribution in [1.82, 2.24) is 9.55 Å². The predicted molar refractivity (Wildman–Crippen MR) is 141 cm³/mol. The number of nitrogens with zero attached hydrogens (tertiary/aromatic N) is 2. The van der Waals surface area contributed by atoms with Gasteiger partial charge in [-0.15, -0.1) is 0 Å². The van der Waals surface area contributed by atoms with Crippen LogP contribution in [0.3, 0.4) is 0 Å². The lowest BCUT2D eigenvalue weighted by Crippen LogP contribution is -2.12. The molecular formula is C30H32N2O3. The Morgan fingerprint density at radius 1 is 0.914 bits per heavy atom. The van der Waals surface area contributed by atoms with Crippen molar-refractivity contribution in [2.24, 2.45) is 0 Å². The minimum absolute atomic E-state index is 0.0759. The van der Waals surface area contributed by atoms with E-state index < -0.39 is 5.97 Å². The fraction of sp³-hybridized carbons (Fsp3) is 0.300. The quantitative estimate of drug-likeness (QED) is 0.314. The summed E-state index contributed by atoms with van der Waals surface area (Å²) in [6.07, 6.45) is 4.10. The first kappa shape index (κ1) is 24.4. The van der Waals surface area contributed by atoms with Crippen molar-refractivity contribution < 1.29 is 9.90 Å². The smallest absolute Gasteiger partial charge is 0.336 e. The van der Waals surface area contributed by atoms with Gasteiger partial charge in [-0.3, -0.25) is 4.79 Å². The number of carboxylic acids is 1. The number of aryl methyl sites for hydroxylation is 3. The molecule has 0 spiro atoms. The molecular weight excluding hydrogens is 436 g/mol. The van der Waals surface area contributed by atoms with E-state index in [1.807, 2.05) is 74.5 Å². The first-order valence-corrected chi connectivity index (χ1v) is 12.4. The Hall–Kier alpha value is -3.73. The first-order valence-electron chi connectivity index (χ1n) is 12.4. The third-order valence-electron chi connectivity index (χ3n) is 6.61. The molecule has 0 bridgehead atoms. The Bertz CT molecular complexity index is 1420. The molecule has 0 aliphatic rings. The molecule has 5 nitrogen and oxygen atoms in total. The summed E-state index contributed by atoms with van der Waals surface area (Å²) in [5.74, 6) is -0.0278. The maximum atomic E-state index is 13.0. The maximum absolute atomic E-state index is 13.0. The third kappa shape index (κ3) is 4.90. The van der Waals surface area contributed by atoms with Crippen molar-refractivity contribution in [2.45, 2.75) is 59.4 Å². The number of benzene rings is 2. The van der Waals surface area contributed by atoms with Gasteiger partial charge in [0.15, 0.2) is 5.43 Å². The van der Waals surface area contributed by atoms with Crippen LogP contribution in [0, 0.1) is 0 Å². The summed E-state index contributed by atoms with van der Waals surface area (Å²) in [4.78, 5) is 30.4. The molecule has 4 rings (SSSR count). The zero-order chi connectivity index (χ0) is 24.9. The van der Waals surface area contributed by atoms with Crippen LogP contribution in [0.2, 0.25) is 0 Å². The summed E-state index contributed by atoms with van der Waals surface area (Å²) in [5, 5.41) is 10.2. The van der Waals surface area contributed by atoms with Crippen molar-refractivity contribution in [2.75, 3.05) is 0 Å². The van der Waals surface area contributed by atoms with Gasteiger partial charge in [0.25, 0.3) is 0 Å². The van der Waals surface area contributed by atoms with Crippen molar-refractivity contribution in [3.63, 3.8) is 0 Å². The number of carbonyl (C=O) groups is 1. The number of unbranched alkanes of at least 4 members (excludes halogenated alkanes) is 1. The summed E-state index contributed by atoms with van der Waals surface area (Å²) < 4.78 is 2.11. The summed E-state index contributed by atoms with van der Waals surface area (Å²) in [5.41, 5.74) is 5.87. The molecule has 4 aromatic rings. The second kappa shape index (κ2) is 10.7. The number of aromatic carboxylic acids is 1. The second-order valence-electron chi connectivity index (χ2n) is 8.87. The highest BCUT2D eigenvalue weighted by Crippen LogP contribution is 2.29. The minimum Gasteiger partial charge on any atom is -0.478 e. The number of aromatic nitrogens is 2. The molecule has 180 valence electrons. The summed E-state index contributed by atoms with van der Waals surface area (Å²) in [6, 6.07) is 19.1. The van der Waals surface area contributed by atoms with E-state index in [1.165, 1.54) is 0 Å². The van der Waals surface area contributed by atoms with Gasteiger partial charge in [0.1, 0.15) is 5.82 Å². The van der Waals surface area contributed by atoms with Crippen molar-refractivity contribution >= 4 is 17.0 Å². The monoisotopic (exact) mass is 468 g/mol. The van der Waals surface area contributed by atoms with Crippen LogP contribution in [0.4, 0.5) is 0 Å². The van der Waals surface area contributed by atoms with E-state index in [1.54, 1.807) is 0 Å². The molecule has 0 aliphatic heterocycles. The molecule has 0 radical (unpaired) electrons. The summed E-state index contributed by atoms with van der Waals surface area (Å²) in [6.45, 7) is 6.51. The van der Waals surface area contributed by atoms with E-state index in [0.717, 1.165) is 58.4 Å². The Labute approximate surface area is 206 Å². The van der Waals surface area contributed by atoms with E-state index >= 15 is 0 Å². The van der Waals surface area contributed by atoms with E-state index in [4.69, 9.17) is 4.98 Å². The Morgan fingerprint density at radius 3 is 2.29 bits per heavy atom. The van der Waals surface area contributed by atoms with Gasteiger partial charge in [-0.05, 0) is 48.1 Å². The average Bonchev–Trinajstić information content (AvgIpc) is 3.11. The molecule has 3 aromatic carbocycles. The average molecular weight is 469 g/mol. The normalized spacial score (nSPS) is 11.2. The van der Waals surface area contributed by atoms with Gasteiger partial charge in [-0.2, -0.15) is 0 Å². The number of rotatable bonds is 9. The van der Waals surface area contributed by atoms with E-state index in [0.29, 0.717) is 30.5 Å². The first-order chi connectivity index (χ1) is 17.0. The van der Waals surface area contributed by atoms with Gasteiger partial charge < -0.3 is 9.67 Å². The number of fused-ring (bicyclic) bond motifs is 1. The second-order valence-corrected chi connectivity index (χ2v) is 8.87. The molecule has 5 heteroatoms. The van der Waals surface area contributed by atoms with Gasteiger partial charge in [-0.25, -0.2) is 9.78 Å². The highest BCUT2D eigenvalue weighted by atomic mass is 16.4. The lowest BCUT2D eigenvalue weighted by Gasteiger charge is -2.15. The molecule has 0 amide bonds. The molecule has 0 unspecified atom stereocenters. The summed E-state index contributed by atoms with van der Waals surface area (Å²) in [7, 11) is 0. The highest BCUT2D eigenvalue weighted by molar-refractivity contribution is 5.97. The minimum atomic E-state index is -0.950. The van der Waals surface area contributed by atoms with Crippen LogP contribution < -0.4 is 5.43 Å². The lowest BCUT2D eigenvalue weighted by molar-refractivity contribution is 0.0696. The molecule has 0 saturated carbocycles. The Kier molecular flexibility index (Phi) is 7.45. The van der Waals surface area contributed by atoms with Crippen molar-refractivity contribution in [3.05, 3.63) is 99.0 Å². The molecule has 0 saturated heterocycles. The van der Waals surface area contributed by atoms with Crippen molar-refractivity contribution in [1.29, 1.82) is 0 Å². The fourth-order valence-electron chi connectivity index (χ4n) is 4.70. The number of carboxylic acid groups (broad SMARTS) is 1. The lowest BCUT2D eigenvalue weighted by atomic mass is 9.95. The third-order valence-corrected chi connectivity index (χ3v) is 6.61. The van der Waals surface area contributed by atoms with E-state index in [9.17, 15) is 14.7 Å². The van der Waals surface area contributed by atoms with Crippen LogP contribution in [0.25, 0.3) is 22.2 Å². The van der Waals surface area contributed by atoms with Crippen LogP contribution in [0.15, 0.2) is 65.5 Å². The van der Waals surface area contributed by atoms with Crippen molar-refractivity contribution in [3.8, 4) is 11.1 Å². The predicted octanol–water partition coefficient (Wildman–Crippen LogP) is 6.28. The number of imidazole rings is 1. The van der Waals surface area contributed by atoms with Crippen LogP contribution >= 0.6 is 0 Å². The largest absolute Gasteiger partial charge is 0.478 e. The molecule has 0 atom stereocenters. The Morgan fingerprint density at radius 2 is 1.63 bits per heavy atom. The molecule has 1 aromatic heterocycles. The zero-order valence-corrected chi connectivity index (χ0v) is 20.7. The Balaban J connectivity index is 1.96. The molecule has 1 heterocycles. The SMILES string of the molecule is CCCCc1nc2cc(CC)c(=O)c(CC)cc2n1Cc1cccc(-c2ccccc2)c1C(=O)O. The van der Waals surface area contributed by atoms with Gasteiger partial charge in [0.05, 0.1) is 23.1 Å². The number of hydrogen-bond donors (Lipinski definition) is 1. The molecule has 0 fully saturated rings. The highest BCUT2D eigenvalue weighted by Gasteiger charge is 2.20.